The van der Waals surface area contributed by atoms with Gasteiger partial charge in [0.15, 0.2) is 17.1 Å². The number of piperidine rings is 1. The van der Waals surface area contributed by atoms with E-state index in [1.165, 1.54) is 0 Å². The molecule has 0 radical (unpaired) electrons. The number of oxazole rings is 1. The molecule has 10 heteroatoms. The van der Waals surface area contributed by atoms with Gasteiger partial charge in [-0.25, -0.2) is 4.79 Å². The molecular formula is C30H38FN3O6. The van der Waals surface area contributed by atoms with Gasteiger partial charge >= 0.3 is 5.97 Å². The molecule has 1 saturated carbocycles. The van der Waals surface area contributed by atoms with Gasteiger partial charge in [0.25, 0.3) is 6.01 Å². The summed E-state index contributed by atoms with van der Waals surface area (Å²) < 4.78 is 42.9. The maximum atomic E-state index is 14.6. The molecule has 0 spiro atoms. The first kappa shape index (κ1) is 28.0. The number of esters is 1. The topological polar surface area (TPSA) is 95.3 Å². The monoisotopic (exact) mass is 555 g/mol. The van der Waals surface area contributed by atoms with Crippen molar-refractivity contribution in [3.05, 3.63) is 41.7 Å². The fourth-order valence-corrected chi connectivity index (χ4v) is 5.27. The number of nitrogens with zero attached hydrogens (tertiary/aromatic N) is 2. The van der Waals surface area contributed by atoms with Gasteiger partial charge < -0.3 is 28.7 Å². The zero-order valence-electron chi connectivity index (χ0n) is 23.5. The molecule has 1 saturated heterocycles. The van der Waals surface area contributed by atoms with Gasteiger partial charge in [-0.05, 0) is 82.7 Å². The van der Waals surface area contributed by atoms with E-state index in [9.17, 15) is 9.18 Å². The number of likely N-dealkylation sites (tertiary alicyclic amines) is 1. The second kappa shape index (κ2) is 12.3. The molecule has 5 rings (SSSR count). The van der Waals surface area contributed by atoms with Crippen molar-refractivity contribution in [2.75, 3.05) is 38.2 Å². The van der Waals surface area contributed by atoms with Crippen LogP contribution in [0, 0.1) is 5.82 Å². The van der Waals surface area contributed by atoms with Gasteiger partial charge in [0, 0.05) is 31.7 Å². The molecule has 0 bridgehead atoms. The minimum absolute atomic E-state index is 0.216. The number of aromatic nitrogens is 1. The van der Waals surface area contributed by atoms with Gasteiger partial charge in [0.05, 0.1) is 19.8 Å². The third kappa shape index (κ3) is 6.11. The van der Waals surface area contributed by atoms with Crippen LogP contribution in [-0.4, -0.2) is 60.4 Å². The summed E-state index contributed by atoms with van der Waals surface area (Å²) in [6.45, 7) is 9.01. The third-order valence-electron chi connectivity index (χ3n) is 7.47. The Morgan fingerprint density at radius 2 is 1.77 bits per heavy atom. The number of rotatable bonds is 12. The smallest absolute Gasteiger partial charge is 0.350 e. The number of carbonyl (C=O) groups excluding carboxylic acids is 1. The van der Waals surface area contributed by atoms with Crippen LogP contribution in [0.3, 0.4) is 0 Å². The van der Waals surface area contributed by atoms with Crippen LogP contribution in [0.1, 0.15) is 58.4 Å². The molecule has 0 unspecified atom stereocenters. The van der Waals surface area contributed by atoms with Crippen LogP contribution in [0.2, 0.25) is 0 Å². The molecule has 2 aromatic carbocycles. The number of anilines is 1. The van der Waals surface area contributed by atoms with E-state index in [1.54, 1.807) is 25.1 Å². The summed E-state index contributed by atoms with van der Waals surface area (Å²) in [4.78, 5) is 19.4. The molecule has 1 N–H and O–H groups in total. The average Bonchev–Trinajstić information content (AvgIpc) is 3.32. The largest absolute Gasteiger partial charge is 0.491 e. The van der Waals surface area contributed by atoms with Crippen molar-refractivity contribution in [3.63, 3.8) is 0 Å². The Morgan fingerprint density at radius 3 is 2.38 bits per heavy atom. The number of benzene rings is 2. The SMILES string of the molecule is CCOC(=O)C1(Oc2ccc3oc(NC4CCN(Cc5cc(OCC)c(F)c(OCC)c5)CC4)nc3c2)CCC1. The van der Waals surface area contributed by atoms with Crippen molar-refractivity contribution in [3.8, 4) is 17.2 Å². The Kier molecular flexibility index (Phi) is 8.63. The van der Waals surface area contributed by atoms with Crippen LogP contribution in [0.15, 0.2) is 34.7 Å². The van der Waals surface area contributed by atoms with Gasteiger partial charge in [-0.2, -0.15) is 9.37 Å². The quantitative estimate of drug-likeness (QED) is 0.282. The highest BCUT2D eigenvalue weighted by atomic mass is 19.1. The van der Waals surface area contributed by atoms with E-state index in [-0.39, 0.29) is 23.5 Å². The van der Waals surface area contributed by atoms with Crippen molar-refractivity contribution < 1.29 is 32.5 Å². The Labute approximate surface area is 233 Å². The Hall–Kier alpha value is -3.53. The van der Waals surface area contributed by atoms with E-state index < -0.39 is 11.4 Å². The summed E-state index contributed by atoms with van der Waals surface area (Å²) in [5, 5.41) is 3.43. The molecule has 0 amide bonds. The van der Waals surface area contributed by atoms with Crippen molar-refractivity contribution in [2.24, 2.45) is 0 Å². The first-order valence-corrected chi connectivity index (χ1v) is 14.3. The summed E-state index contributed by atoms with van der Waals surface area (Å²) >= 11 is 0. The lowest BCUT2D eigenvalue weighted by Crippen LogP contribution is -2.51. The zero-order chi connectivity index (χ0) is 28.1. The molecule has 9 nitrogen and oxygen atoms in total. The summed E-state index contributed by atoms with van der Waals surface area (Å²) in [5.74, 6) is 0.281. The van der Waals surface area contributed by atoms with Gasteiger partial charge in [-0.15, -0.1) is 0 Å². The van der Waals surface area contributed by atoms with Gasteiger partial charge in [0.2, 0.25) is 11.4 Å². The molecule has 1 aliphatic heterocycles. The fraction of sp³-hybridized carbons (Fsp3) is 0.533. The maximum Gasteiger partial charge on any atom is 0.350 e. The van der Waals surface area contributed by atoms with E-state index in [0.717, 1.165) is 37.9 Å². The molecule has 40 heavy (non-hydrogen) atoms. The first-order chi connectivity index (χ1) is 19.4. The number of halogens is 1. The van der Waals surface area contributed by atoms with Crippen LogP contribution in [0.4, 0.5) is 10.4 Å². The molecule has 2 heterocycles. The van der Waals surface area contributed by atoms with E-state index >= 15 is 0 Å². The molecule has 0 atom stereocenters. The molecule has 1 aliphatic carbocycles. The number of fused-ring (bicyclic) bond motifs is 1. The van der Waals surface area contributed by atoms with Crippen molar-refractivity contribution in [2.45, 2.75) is 71.1 Å². The van der Waals surface area contributed by atoms with Crippen LogP contribution < -0.4 is 19.5 Å². The molecular weight excluding hydrogens is 517 g/mol. The minimum Gasteiger partial charge on any atom is -0.491 e. The zero-order valence-corrected chi connectivity index (χ0v) is 23.5. The lowest BCUT2D eigenvalue weighted by atomic mass is 9.80. The minimum atomic E-state index is -0.897. The van der Waals surface area contributed by atoms with Crippen LogP contribution in [0.5, 0.6) is 17.2 Å². The van der Waals surface area contributed by atoms with Gasteiger partial charge in [-0.1, -0.05) is 0 Å². The maximum absolute atomic E-state index is 14.6. The normalized spacial score (nSPS) is 17.3. The second-order valence-electron chi connectivity index (χ2n) is 10.3. The Balaban J connectivity index is 1.17. The van der Waals surface area contributed by atoms with Crippen LogP contribution in [-0.2, 0) is 16.1 Å². The first-order valence-electron chi connectivity index (χ1n) is 14.3. The highest BCUT2D eigenvalue weighted by molar-refractivity contribution is 5.82. The van der Waals surface area contributed by atoms with E-state index in [0.29, 0.717) is 62.1 Å². The number of carbonyl (C=O) groups is 1. The van der Waals surface area contributed by atoms with E-state index in [1.807, 2.05) is 26.0 Å². The van der Waals surface area contributed by atoms with Crippen molar-refractivity contribution >= 4 is 23.1 Å². The second-order valence-corrected chi connectivity index (χ2v) is 10.3. The fourth-order valence-electron chi connectivity index (χ4n) is 5.27. The van der Waals surface area contributed by atoms with Crippen LogP contribution in [0.25, 0.3) is 11.1 Å². The summed E-state index contributed by atoms with van der Waals surface area (Å²) in [7, 11) is 0. The molecule has 1 aromatic heterocycles. The number of nitrogens with one attached hydrogen (secondary N) is 1. The standard InChI is InChI=1S/C30H38FN3O6/c1-4-36-25-16-20(17-26(27(25)31)37-5-2)19-34-14-10-21(11-15-34)32-29-33-23-18-22(8-9-24(23)39-29)40-30(12-7-13-30)28(35)38-6-3/h8-9,16-18,21H,4-7,10-15,19H2,1-3H3,(H,32,33). The summed E-state index contributed by atoms with van der Waals surface area (Å²) in [5.41, 5.74) is 1.38. The predicted molar refractivity (Wildman–Crippen MR) is 149 cm³/mol. The van der Waals surface area contributed by atoms with Gasteiger partial charge in [0.1, 0.15) is 11.3 Å². The number of hydrogen-bond acceptors (Lipinski definition) is 9. The molecule has 2 aliphatic rings. The third-order valence-corrected chi connectivity index (χ3v) is 7.47. The van der Waals surface area contributed by atoms with Gasteiger partial charge in [-0.3, -0.25) is 4.90 Å². The molecule has 2 fully saturated rings. The molecule has 3 aromatic rings. The predicted octanol–water partition coefficient (Wildman–Crippen LogP) is 5.71. The lowest BCUT2D eigenvalue weighted by Gasteiger charge is -2.39. The van der Waals surface area contributed by atoms with E-state index in [4.69, 9.17) is 23.4 Å². The Bertz CT molecular complexity index is 1290. The summed E-state index contributed by atoms with van der Waals surface area (Å²) in [6.07, 6.45) is 4.05. The highest BCUT2D eigenvalue weighted by Crippen LogP contribution is 2.39. The van der Waals surface area contributed by atoms with Crippen LogP contribution >= 0.6 is 0 Å². The number of hydrogen-bond donors (Lipinski definition) is 1. The number of ether oxygens (including phenoxy) is 4. The molecule has 216 valence electrons. The van der Waals surface area contributed by atoms with Crippen molar-refractivity contribution in [1.82, 2.24) is 9.88 Å². The Morgan fingerprint density at radius 1 is 1.07 bits per heavy atom. The summed E-state index contributed by atoms with van der Waals surface area (Å²) in [6, 6.07) is 9.64. The highest BCUT2D eigenvalue weighted by Gasteiger charge is 2.48. The van der Waals surface area contributed by atoms with Crippen molar-refractivity contribution in [1.29, 1.82) is 0 Å². The average molecular weight is 556 g/mol. The van der Waals surface area contributed by atoms with E-state index in [2.05, 4.69) is 15.2 Å². The lowest BCUT2D eigenvalue weighted by molar-refractivity contribution is -0.169.